The van der Waals surface area contributed by atoms with Gasteiger partial charge in [-0.25, -0.2) is 0 Å². The number of hydrogen-bond donors (Lipinski definition) is 0. The highest BCUT2D eigenvalue weighted by Crippen LogP contribution is 2.09. The fourth-order valence-corrected chi connectivity index (χ4v) is 1.33. The summed E-state index contributed by atoms with van der Waals surface area (Å²) >= 11 is 7.11. The fraction of sp³-hybridized carbons (Fsp3) is 0.875. The van der Waals surface area contributed by atoms with Crippen LogP contribution in [0.2, 0.25) is 0 Å². The molecule has 0 aliphatic rings. The van der Waals surface area contributed by atoms with E-state index >= 15 is 0 Å². The number of thioether (sulfide) groups is 1. The highest BCUT2D eigenvalue weighted by Gasteiger charge is 2.07. The van der Waals surface area contributed by atoms with Crippen molar-refractivity contribution in [3.8, 4) is 0 Å². The predicted molar refractivity (Wildman–Crippen MR) is 53.9 cm³/mol. The summed E-state index contributed by atoms with van der Waals surface area (Å²) in [6, 6.07) is 0. The minimum Gasteiger partial charge on any atom is -0.377 e. The van der Waals surface area contributed by atoms with Gasteiger partial charge in [0.25, 0.3) is 0 Å². The molecule has 1 unspecified atom stereocenters. The van der Waals surface area contributed by atoms with Crippen molar-refractivity contribution in [2.45, 2.75) is 32.3 Å². The lowest BCUT2D eigenvalue weighted by Crippen LogP contribution is -2.16. The Balaban J connectivity index is 3.33. The third kappa shape index (κ3) is 8.37. The molecule has 0 saturated heterocycles. The van der Waals surface area contributed by atoms with Crippen LogP contribution in [0.4, 0.5) is 0 Å². The van der Waals surface area contributed by atoms with Crippen LogP contribution < -0.4 is 0 Å². The monoisotopic (exact) mass is 210 g/mol. The van der Waals surface area contributed by atoms with Gasteiger partial charge < -0.3 is 4.74 Å². The Hall–Kier alpha value is 0.270. The highest BCUT2D eigenvalue weighted by atomic mass is 35.5. The zero-order valence-electron chi connectivity index (χ0n) is 7.67. The summed E-state index contributed by atoms with van der Waals surface area (Å²) in [5.41, 5.74) is 0. The Morgan fingerprint density at radius 3 is 2.58 bits per heavy atom. The first kappa shape index (κ1) is 12.3. The van der Waals surface area contributed by atoms with E-state index in [2.05, 4.69) is 0 Å². The van der Waals surface area contributed by atoms with Crippen LogP contribution >= 0.6 is 23.4 Å². The Labute approximate surface area is 83.0 Å². The second-order valence-corrected chi connectivity index (χ2v) is 4.60. The van der Waals surface area contributed by atoms with Crippen molar-refractivity contribution in [2.75, 3.05) is 12.4 Å². The maximum absolute atomic E-state index is 10.5. The summed E-state index contributed by atoms with van der Waals surface area (Å²) in [5, 5.41) is 0.0338. The number of carbonyl (C=O) groups is 1. The van der Waals surface area contributed by atoms with Crippen LogP contribution in [0.5, 0.6) is 0 Å². The minimum atomic E-state index is -0.0682. The predicted octanol–water partition coefficient (Wildman–Crippen LogP) is 2.30. The van der Waals surface area contributed by atoms with Gasteiger partial charge in [0.1, 0.15) is 0 Å². The largest absolute Gasteiger partial charge is 0.377 e. The number of carbonyl (C=O) groups excluding carboxylic acids is 1. The van der Waals surface area contributed by atoms with E-state index in [0.717, 1.165) is 0 Å². The smallest absolute Gasteiger partial charge is 0.185 e. The van der Waals surface area contributed by atoms with Crippen LogP contribution in [0.3, 0.4) is 0 Å². The van der Waals surface area contributed by atoms with Crippen LogP contribution in [0.1, 0.15) is 20.8 Å². The van der Waals surface area contributed by atoms with Crippen LogP contribution in [0, 0.1) is 0 Å². The molecular formula is C8H15ClO2S. The maximum Gasteiger partial charge on any atom is 0.185 e. The van der Waals surface area contributed by atoms with E-state index in [1.807, 2.05) is 13.8 Å². The third-order valence-corrected chi connectivity index (χ3v) is 2.52. The van der Waals surface area contributed by atoms with Gasteiger partial charge in [-0.1, -0.05) is 11.8 Å². The molecule has 0 aromatic rings. The van der Waals surface area contributed by atoms with Crippen LogP contribution in [0.25, 0.3) is 0 Å². The molecule has 0 aromatic carbocycles. The van der Waals surface area contributed by atoms with Gasteiger partial charge in [0.05, 0.1) is 18.1 Å². The van der Waals surface area contributed by atoms with Crippen molar-refractivity contribution in [3.05, 3.63) is 0 Å². The molecule has 72 valence electrons. The van der Waals surface area contributed by atoms with Gasteiger partial charge in [0.15, 0.2) is 5.12 Å². The van der Waals surface area contributed by atoms with Crippen LogP contribution in [-0.4, -0.2) is 29.0 Å². The van der Waals surface area contributed by atoms with E-state index in [1.54, 1.807) is 0 Å². The fourth-order valence-electron chi connectivity index (χ4n) is 0.553. The quantitative estimate of drug-likeness (QED) is 0.652. The molecule has 0 saturated carbocycles. The van der Waals surface area contributed by atoms with Crippen molar-refractivity contribution < 1.29 is 9.53 Å². The van der Waals surface area contributed by atoms with Crippen LogP contribution in [-0.2, 0) is 9.53 Å². The lowest BCUT2D eigenvalue weighted by Gasteiger charge is -2.11. The van der Waals surface area contributed by atoms with E-state index in [1.165, 1.54) is 18.7 Å². The van der Waals surface area contributed by atoms with Crippen molar-refractivity contribution in [3.63, 3.8) is 0 Å². The summed E-state index contributed by atoms with van der Waals surface area (Å²) in [4.78, 5) is 10.5. The molecular weight excluding hydrogens is 196 g/mol. The van der Waals surface area contributed by atoms with E-state index in [4.69, 9.17) is 16.3 Å². The molecule has 1 atom stereocenters. The van der Waals surface area contributed by atoms with E-state index in [-0.39, 0.29) is 16.6 Å². The molecule has 0 fully saturated rings. The summed E-state index contributed by atoms with van der Waals surface area (Å²) in [5.74, 6) is 0.629. The van der Waals surface area contributed by atoms with Gasteiger partial charge in [0, 0.05) is 12.7 Å². The first-order valence-corrected chi connectivity index (χ1v) is 5.33. The Kier molecular flexibility index (Phi) is 6.90. The summed E-state index contributed by atoms with van der Waals surface area (Å²) in [6.07, 6.45) is 0.202. The zero-order chi connectivity index (χ0) is 9.56. The number of halogens is 1. The first-order chi connectivity index (χ1) is 5.52. The van der Waals surface area contributed by atoms with Gasteiger partial charge in [-0.15, -0.1) is 11.6 Å². The first-order valence-electron chi connectivity index (χ1n) is 3.91. The molecule has 0 bridgehead atoms. The Bertz CT molecular complexity index is 139. The van der Waals surface area contributed by atoms with Gasteiger partial charge in [-0.2, -0.15) is 0 Å². The standard InChI is InChI=1S/C8H15ClO2S/c1-6(2)11-4-8(9)5-12-7(3)10/h6,8H,4-5H2,1-3H3. The van der Waals surface area contributed by atoms with Crippen LogP contribution in [0.15, 0.2) is 0 Å². The molecule has 2 nitrogen and oxygen atoms in total. The molecule has 0 heterocycles. The summed E-state index contributed by atoms with van der Waals surface area (Å²) in [6.45, 7) is 5.97. The molecule has 0 N–H and O–H groups in total. The second kappa shape index (κ2) is 6.75. The lowest BCUT2D eigenvalue weighted by molar-refractivity contribution is -0.109. The zero-order valence-corrected chi connectivity index (χ0v) is 9.24. The molecule has 12 heavy (non-hydrogen) atoms. The van der Waals surface area contributed by atoms with Crippen molar-refractivity contribution in [1.82, 2.24) is 0 Å². The van der Waals surface area contributed by atoms with E-state index in [9.17, 15) is 4.79 Å². The SMILES string of the molecule is CC(=O)SCC(Cl)COC(C)C. The van der Waals surface area contributed by atoms with Crippen molar-refractivity contribution in [1.29, 1.82) is 0 Å². The van der Waals surface area contributed by atoms with Gasteiger partial charge in [-0.3, -0.25) is 4.79 Å². The molecule has 0 spiro atoms. The Morgan fingerprint density at radius 1 is 1.58 bits per heavy atom. The topological polar surface area (TPSA) is 26.3 Å². The average Bonchev–Trinajstić information content (AvgIpc) is 1.96. The van der Waals surface area contributed by atoms with E-state index < -0.39 is 0 Å². The number of alkyl halides is 1. The minimum absolute atomic E-state index is 0.0682. The van der Waals surface area contributed by atoms with Crippen molar-refractivity contribution >= 4 is 28.5 Å². The molecule has 0 radical (unpaired) electrons. The van der Waals surface area contributed by atoms with Gasteiger partial charge >= 0.3 is 0 Å². The second-order valence-electron chi connectivity index (χ2n) is 2.78. The number of ether oxygens (including phenoxy) is 1. The third-order valence-electron chi connectivity index (χ3n) is 1.08. The molecule has 0 rings (SSSR count). The number of hydrogen-bond acceptors (Lipinski definition) is 3. The van der Waals surface area contributed by atoms with Gasteiger partial charge in [0.2, 0.25) is 0 Å². The molecule has 0 amide bonds. The molecule has 0 aliphatic carbocycles. The highest BCUT2D eigenvalue weighted by molar-refractivity contribution is 8.13. The average molecular weight is 211 g/mol. The summed E-state index contributed by atoms with van der Waals surface area (Å²) in [7, 11) is 0. The number of rotatable bonds is 5. The summed E-state index contributed by atoms with van der Waals surface area (Å²) < 4.78 is 5.28. The lowest BCUT2D eigenvalue weighted by atomic mass is 10.4. The van der Waals surface area contributed by atoms with Gasteiger partial charge in [-0.05, 0) is 13.8 Å². The molecule has 0 aliphatic heterocycles. The van der Waals surface area contributed by atoms with E-state index in [0.29, 0.717) is 12.4 Å². The van der Waals surface area contributed by atoms with Crippen molar-refractivity contribution in [2.24, 2.45) is 0 Å². The molecule has 4 heteroatoms. The normalized spacial score (nSPS) is 13.4. The maximum atomic E-state index is 10.5. The molecule has 0 aromatic heterocycles. The Morgan fingerprint density at radius 2 is 2.17 bits per heavy atom.